The molecular weight excluding hydrogens is 368 g/mol. The molecule has 2 aromatic rings. The van der Waals surface area contributed by atoms with E-state index in [0.29, 0.717) is 0 Å². The van der Waals surface area contributed by atoms with Gasteiger partial charge in [-0.05, 0) is 72.4 Å². The van der Waals surface area contributed by atoms with Crippen LogP contribution >= 0.6 is 0 Å². The summed E-state index contributed by atoms with van der Waals surface area (Å²) in [5, 5.41) is 3.57. The molecule has 4 rings (SSSR count). The Morgan fingerprint density at radius 3 is 2.77 bits per heavy atom. The summed E-state index contributed by atoms with van der Waals surface area (Å²) in [6, 6.07) is 8.16. The van der Waals surface area contributed by atoms with Gasteiger partial charge in [-0.2, -0.15) is 0 Å². The first-order valence-corrected chi connectivity index (χ1v) is 11.0. The molecule has 1 unspecified atom stereocenters. The Hall–Kier alpha value is -2.75. The molecule has 2 heterocycles. The quantitative estimate of drug-likeness (QED) is 0.552. The number of benzene rings is 1. The highest BCUT2D eigenvalue weighted by Crippen LogP contribution is 2.50. The van der Waals surface area contributed by atoms with Crippen molar-refractivity contribution in [2.24, 2.45) is 5.41 Å². The van der Waals surface area contributed by atoms with Crippen LogP contribution in [0.25, 0.3) is 0 Å². The second kappa shape index (κ2) is 7.50. The van der Waals surface area contributed by atoms with E-state index in [1.54, 1.807) is 0 Å². The molecule has 2 aliphatic rings. The van der Waals surface area contributed by atoms with Gasteiger partial charge in [0.25, 0.3) is 0 Å². The smallest absolute Gasteiger partial charge is 0.136 e. The van der Waals surface area contributed by atoms with Crippen LogP contribution in [0.2, 0.25) is 0 Å². The number of pyridine rings is 1. The maximum atomic E-state index is 6.93. The Balaban J connectivity index is 1.96. The third-order valence-corrected chi connectivity index (χ3v) is 6.62. The fraction of sp³-hybridized carbons (Fsp3) is 0.423. The zero-order valence-electron chi connectivity index (χ0n) is 18.7. The molecule has 4 heteroatoms. The number of nitrogens with one attached hydrogen (secondary N) is 1. The monoisotopic (exact) mass is 402 g/mol. The standard InChI is InChI=1S/C26H34N4/c1-6-8-15(2)21-16(3)29-25-23(22(21)17-9-7-10-18(27)13-17)24(28)19-14-26(4,5)12-11-20(19)30-25/h7,9-10,13,22H,2,6,8,11-12,14,27H2,1,3-5H3,(H3,28,29,30). The van der Waals surface area contributed by atoms with E-state index >= 15 is 0 Å². The summed E-state index contributed by atoms with van der Waals surface area (Å²) >= 11 is 0. The van der Waals surface area contributed by atoms with Gasteiger partial charge in [0.1, 0.15) is 5.82 Å². The van der Waals surface area contributed by atoms with Gasteiger partial charge in [0.2, 0.25) is 0 Å². The lowest BCUT2D eigenvalue weighted by Crippen LogP contribution is -2.28. The molecule has 0 radical (unpaired) electrons. The molecule has 30 heavy (non-hydrogen) atoms. The largest absolute Gasteiger partial charge is 0.399 e. The average Bonchev–Trinajstić information content (AvgIpc) is 2.67. The molecule has 1 aliphatic heterocycles. The number of anilines is 3. The highest BCUT2D eigenvalue weighted by Gasteiger charge is 2.36. The van der Waals surface area contributed by atoms with Crippen LogP contribution in [0.1, 0.15) is 75.3 Å². The molecular formula is C26H34N4. The Labute approximate surface area is 180 Å². The second-order valence-electron chi connectivity index (χ2n) is 9.67. The van der Waals surface area contributed by atoms with Crippen LogP contribution in [-0.4, -0.2) is 4.98 Å². The number of aryl methyl sites for hydroxylation is 1. The van der Waals surface area contributed by atoms with E-state index < -0.39 is 0 Å². The molecule has 0 saturated carbocycles. The van der Waals surface area contributed by atoms with Crippen molar-refractivity contribution in [2.45, 2.75) is 65.7 Å². The van der Waals surface area contributed by atoms with E-state index in [2.05, 4.69) is 51.7 Å². The van der Waals surface area contributed by atoms with Crippen molar-refractivity contribution in [1.29, 1.82) is 0 Å². The first-order valence-electron chi connectivity index (χ1n) is 11.0. The van der Waals surface area contributed by atoms with Crippen molar-refractivity contribution in [3.05, 3.63) is 70.1 Å². The minimum absolute atomic E-state index is 0.00774. The first-order chi connectivity index (χ1) is 14.2. The molecule has 1 aromatic heterocycles. The maximum Gasteiger partial charge on any atom is 0.136 e. The zero-order valence-corrected chi connectivity index (χ0v) is 18.7. The van der Waals surface area contributed by atoms with Crippen LogP contribution in [0.3, 0.4) is 0 Å². The van der Waals surface area contributed by atoms with Crippen LogP contribution < -0.4 is 16.8 Å². The molecule has 0 saturated heterocycles. The highest BCUT2D eigenvalue weighted by molar-refractivity contribution is 5.76. The second-order valence-corrected chi connectivity index (χ2v) is 9.67. The normalized spacial score (nSPS) is 19.7. The van der Waals surface area contributed by atoms with Crippen LogP contribution in [0, 0.1) is 5.41 Å². The van der Waals surface area contributed by atoms with E-state index in [1.807, 2.05) is 12.1 Å². The highest BCUT2D eigenvalue weighted by atomic mass is 15.0. The summed E-state index contributed by atoms with van der Waals surface area (Å²) < 4.78 is 0. The summed E-state index contributed by atoms with van der Waals surface area (Å²) in [4.78, 5) is 5.08. The SMILES string of the molecule is C=C(CCC)C1=C(C)Nc2nc3c(c(N)c2C1c1cccc(N)c1)CC(C)(C)CC3. The predicted molar refractivity (Wildman–Crippen MR) is 128 cm³/mol. The van der Waals surface area contributed by atoms with Crippen LogP contribution in [-0.2, 0) is 12.8 Å². The van der Waals surface area contributed by atoms with Gasteiger partial charge in [-0.3, -0.25) is 0 Å². The van der Waals surface area contributed by atoms with E-state index in [0.717, 1.165) is 77.4 Å². The van der Waals surface area contributed by atoms with Gasteiger partial charge in [0, 0.05) is 34.2 Å². The molecule has 1 atom stereocenters. The van der Waals surface area contributed by atoms with E-state index in [4.69, 9.17) is 16.5 Å². The van der Waals surface area contributed by atoms with Gasteiger partial charge in [-0.1, -0.05) is 45.9 Å². The minimum Gasteiger partial charge on any atom is -0.399 e. The Morgan fingerprint density at radius 1 is 1.30 bits per heavy atom. The van der Waals surface area contributed by atoms with Crippen molar-refractivity contribution >= 4 is 17.2 Å². The van der Waals surface area contributed by atoms with Gasteiger partial charge in [0.15, 0.2) is 0 Å². The van der Waals surface area contributed by atoms with Gasteiger partial charge in [0.05, 0.1) is 0 Å². The molecule has 4 nitrogen and oxygen atoms in total. The lowest BCUT2D eigenvalue weighted by Gasteiger charge is -2.37. The average molecular weight is 403 g/mol. The number of hydrogen-bond acceptors (Lipinski definition) is 4. The van der Waals surface area contributed by atoms with Gasteiger partial charge >= 0.3 is 0 Å². The molecule has 0 fully saturated rings. The number of nitrogens with two attached hydrogens (primary N) is 2. The number of nitrogen functional groups attached to an aromatic ring is 2. The Kier molecular flexibility index (Phi) is 5.13. The summed E-state index contributed by atoms with van der Waals surface area (Å²) in [6.45, 7) is 13.4. The zero-order chi connectivity index (χ0) is 21.6. The van der Waals surface area contributed by atoms with Crippen LogP contribution in [0.5, 0.6) is 0 Å². The van der Waals surface area contributed by atoms with E-state index in [9.17, 15) is 0 Å². The Morgan fingerprint density at radius 2 is 2.07 bits per heavy atom. The summed E-state index contributed by atoms with van der Waals surface area (Å²) in [6.07, 6.45) is 5.08. The summed E-state index contributed by atoms with van der Waals surface area (Å²) in [5.41, 5.74) is 23.1. The molecule has 0 bridgehead atoms. The molecule has 0 spiro atoms. The van der Waals surface area contributed by atoms with Crippen molar-refractivity contribution in [3.8, 4) is 0 Å². The molecule has 1 aliphatic carbocycles. The molecule has 1 aromatic carbocycles. The lowest BCUT2D eigenvalue weighted by molar-refractivity contribution is 0.313. The lowest BCUT2D eigenvalue weighted by atomic mass is 9.72. The van der Waals surface area contributed by atoms with E-state index in [-0.39, 0.29) is 11.3 Å². The van der Waals surface area contributed by atoms with Crippen LogP contribution in [0.4, 0.5) is 17.2 Å². The molecule has 5 N–H and O–H groups in total. The number of allylic oxidation sites excluding steroid dienone is 3. The van der Waals surface area contributed by atoms with Crippen molar-refractivity contribution < 1.29 is 0 Å². The van der Waals surface area contributed by atoms with Gasteiger partial charge in [-0.25, -0.2) is 4.98 Å². The van der Waals surface area contributed by atoms with Gasteiger partial charge in [-0.15, -0.1) is 0 Å². The number of rotatable bonds is 4. The van der Waals surface area contributed by atoms with E-state index in [1.165, 1.54) is 11.1 Å². The summed E-state index contributed by atoms with van der Waals surface area (Å²) in [7, 11) is 0. The topological polar surface area (TPSA) is 77.0 Å². The first kappa shape index (κ1) is 20.5. The van der Waals surface area contributed by atoms with Gasteiger partial charge < -0.3 is 16.8 Å². The number of aromatic nitrogens is 1. The van der Waals surface area contributed by atoms with Crippen molar-refractivity contribution in [2.75, 3.05) is 16.8 Å². The minimum atomic E-state index is -0.00774. The fourth-order valence-corrected chi connectivity index (χ4v) is 5.11. The number of nitrogens with zero attached hydrogens (tertiary/aromatic N) is 1. The molecule has 158 valence electrons. The fourth-order valence-electron chi connectivity index (χ4n) is 5.11. The summed E-state index contributed by atoms with van der Waals surface area (Å²) in [5.74, 6) is 0.885. The third-order valence-electron chi connectivity index (χ3n) is 6.62. The third kappa shape index (κ3) is 3.49. The van der Waals surface area contributed by atoms with Crippen molar-refractivity contribution in [1.82, 2.24) is 4.98 Å². The Bertz CT molecular complexity index is 1050. The molecule has 0 amide bonds. The number of fused-ring (bicyclic) bond motifs is 2. The van der Waals surface area contributed by atoms with Crippen LogP contribution in [0.15, 0.2) is 47.7 Å². The van der Waals surface area contributed by atoms with Crippen molar-refractivity contribution in [3.63, 3.8) is 0 Å². The predicted octanol–water partition coefficient (Wildman–Crippen LogP) is 5.95. The maximum absolute atomic E-state index is 6.93. The number of hydrogen-bond donors (Lipinski definition) is 3.